The SMILES string of the molecule is O=C(CCCn1cncn1)N1CCC[C@@H]1c1cnccn1. The fourth-order valence-corrected chi connectivity index (χ4v) is 2.74. The van der Waals surface area contributed by atoms with Gasteiger partial charge in [0.15, 0.2) is 0 Å². The molecule has 0 radical (unpaired) electrons. The highest BCUT2D eigenvalue weighted by molar-refractivity contribution is 5.76. The maximum Gasteiger partial charge on any atom is 0.223 e. The third-order valence-electron chi connectivity index (χ3n) is 3.74. The molecule has 0 spiro atoms. The van der Waals surface area contributed by atoms with Crippen molar-refractivity contribution in [1.82, 2.24) is 29.6 Å². The minimum absolute atomic E-state index is 0.0811. The first-order valence-electron chi connectivity index (χ1n) is 7.22. The average molecular weight is 286 g/mol. The molecule has 21 heavy (non-hydrogen) atoms. The van der Waals surface area contributed by atoms with E-state index in [0.29, 0.717) is 6.42 Å². The van der Waals surface area contributed by atoms with E-state index in [-0.39, 0.29) is 11.9 Å². The second-order valence-corrected chi connectivity index (χ2v) is 5.14. The van der Waals surface area contributed by atoms with Crippen LogP contribution in [-0.2, 0) is 11.3 Å². The molecule has 0 N–H and O–H groups in total. The second-order valence-electron chi connectivity index (χ2n) is 5.14. The summed E-state index contributed by atoms with van der Waals surface area (Å²) >= 11 is 0. The Hall–Kier alpha value is -2.31. The van der Waals surface area contributed by atoms with Gasteiger partial charge in [0.2, 0.25) is 5.91 Å². The van der Waals surface area contributed by atoms with Gasteiger partial charge in [-0.15, -0.1) is 0 Å². The minimum Gasteiger partial charge on any atom is -0.334 e. The first-order chi connectivity index (χ1) is 10.3. The number of aromatic nitrogens is 5. The number of rotatable bonds is 5. The van der Waals surface area contributed by atoms with Crippen molar-refractivity contribution in [1.29, 1.82) is 0 Å². The lowest BCUT2D eigenvalue weighted by molar-refractivity contribution is -0.132. The molecule has 1 aliphatic heterocycles. The Kier molecular flexibility index (Phi) is 4.18. The number of carbonyl (C=O) groups is 1. The van der Waals surface area contributed by atoms with E-state index in [1.165, 1.54) is 6.33 Å². The molecular formula is C14H18N6O. The molecule has 2 aromatic heterocycles. The van der Waals surface area contributed by atoms with Gasteiger partial charge in [-0.1, -0.05) is 0 Å². The van der Waals surface area contributed by atoms with E-state index in [0.717, 1.165) is 38.0 Å². The van der Waals surface area contributed by atoms with Crippen LogP contribution >= 0.6 is 0 Å². The first-order valence-corrected chi connectivity index (χ1v) is 7.22. The maximum atomic E-state index is 12.4. The Labute approximate surface area is 123 Å². The number of carbonyl (C=O) groups excluding carboxylic acids is 1. The summed E-state index contributed by atoms with van der Waals surface area (Å²) in [5, 5.41) is 4.04. The average Bonchev–Trinajstić information content (AvgIpc) is 3.19. The van der Waals surface area contributed by atoms with Crippen molar-refractivity contribution < 1.29 is 4.79 Å². The zero-order chi connectivity index (χ0) is 14.5. The van der Waals surface area contributed by atoms with E-state index in [9.17, 15) is 4.79 Å². The standard InChI is InChI=1S/C14H18N6O/c21-14(4-2-7-19-11-16-10-18-19)20-8-1-3-13(20)12-9-15-5-6-17-12/h5-6,9-11,13H,1-4,7-8H2/t13-/m1/s1. The van der Waals surface area contributed by atoms with Crippen LogP contribution in [0.5, 0.6) is 0 Å². The fraction of sp³-hybridized carbons (Fsp3) is 0.500. The molecule has 2 aromatic rings. The van der Waals surface area contributed by atoms with Crippen LogP contribution in [0.3, 0.4) is 0 Å². The number of nitrogens with zero attached hydrogens (tertiary/aromatic N) is 6. The summed E-state index contributed by atoms with van der Waals surface area (Å²) in [4.78, 5) is 26.7. The largest absolute Gasteiger partial charge is 0.334 e. The lowest BCUT2D eigenvalue weighted by Gasteiger charge is -2.24. The molecule has 3 heterocycles. The fourth-order valence-electron chi connectivity index (χ4n) is 2.74. The van der Waals surface area contributed by atoms with E-state index >= 15 is 0 Å². The maximum absolute atomic E-state index is 12.4. The Bertz CT molecular complexity index is 570. The summed E-state index contributed by atoms with van der Waals surface area (Å²) < 4.78 is 1.75. The molecule has 0 unspecified atom stereocenters. The summed E-state index contributed by atoms with van der Waals surface area (Å²) in [7, 11) is 0. The highest BCUT2D eigenvalue weighted by Gasteiger charge is 2.30. The molecule has 1 fully saturated rings. The Morgan fingerprint density at radius 3 is 3.05 bits per heavy atom. The quantitative estimate of drug-likeness (QED) is 0.825. The highest BCUT2D eigenvalue weighted by atomic mass is 16.2. The van der Waals surface area contributed by atoms with Crippen LogP contribution in [0.15, 0.2) is 31.2 Å². The monoisotopic (exact) mass is 286 g/mol. The number of aryl methyl sites for hydroxylation is 1. The molecular weight excluding hydrogens is 268 g/mol. The summed E-state index contributed by atoms with van der Waals surface area (Å²) in [6.45, 7) is 1.53. The topological polar surface area (TPSA) is 76.8 Å². The van der Waals surface area contributed by atoms with Crippen molar-refractivity contribution in [2.75, 3.05) is 6.54 Å². The Balaban J connectivity index is 1.56. The van der Waals surface area contributed by atoms with Crippen LogP contribution in [0, 0.1) is 0 Å². The lowest BCUT2D eigenvalue weighted by Crippen LogP contribution is -2.31. The predicted molar refractivity (Wildman–Crippen MR) is 75.0 cm³/mol. The van der Waals surface area contributed by atoms with E-state index in [4.69, 9.17) is 0 Å². The van der Waals surface area contributed by atoms with Crippen molar-refractivity contribution >= 4 is 5.91 Å². The number of likely N-dealkylation sites (tertiary alicyclic amines) is 1. The molecule has 0 saturated carbocycles. The second kappa shape index (κ2) is 6.43. The van der Waals surface area contributed by atoms with Gasteiger partial charge in [0.1, 0.15) is 12.7 Å². The van der Waals surface area contributed by atoms with Gasteiger partial charge in [0, 0.05) is 31.9 Å². The molecule has 110 valence electrons. The summed E-state index contributed by atoms with van der Waals surface area (Å²) in [5.74, 6) is 0.184. The number of hydrogen-bond donors (Lipinski definition) is 0. The van der Waals surface area contributed by atoms with Crippen molar-refractivity contribution in [3.63, 3.8) is 0 Å². The van der Waals surface area contributed by atoms with E-state index < -0.39 is 0 Å². The van der Waals surface area contributed by atoms with Gasteiger partial charge in [-0.25, -0.2) is 4.98 Å². The van der Waals surface area contributed by atoms with E-state index in [2.05, 4.69) is 20.1 Å². The van der Waals surface area contributed by atoms with Gasteiger partial charge >= 0.3 is 0 Å². The van der Waals surface area contributed by atoms with E-state index in [1.54, 1.807) is 29.6 Å². The smallest absolute Gasteiger partial charge is 0.223 e. The van der Waals surface area contributed by atoms with Crippen LogP contribution in [0.4, 0.5) is 0 Å². The van der Waals surface area contributed by atoms with Gasteiger partial charge < -0.3 is 4.90 Å². The zero-order valence-electron chi connectivity index (χ0n) is 11.8. The van der Waals surface area contributed by atoms with Crippen LogP contribution < -0.4 is 0 Å². The molecule has 7 heteroatoms. The van der Waals surface area contributed by atoms with Crippen molar-refractivity contribution in [3.05, 3.63) is 36.9 Å². The summed E-state index contributed by atoms with van der Waals surface area (Å²) in [6.07, 6.45) is 11.6. The Morgan fingerprint density at radius 2 is 2.29 bits per heavy atom. The third-order valence-corrected chi connectivity index (χ3v) is 3.74. The summed E-state index contributed by atoms with van der Waals surface area (Å²) in [5.41, 5.74) is 0.889. The third kappa shape index (κ3) is 3.24. The first kappa shape index (κ1) is 13.7. The molecule has 0 aromatic carbocycles. The lowest BCUT2D eigenvalue weighted by atomic mass is 10.1. The van der Waals surface area contributed by atoms with Gasteiger partial charge in [-0.3, -0.25) is 19.4 Å². The predicted octanol–water partition coefficient (Wildman–Crippen LogP) is 1.21. The molecule has 1 amide bonds. The van der Waals surface area contributed by atoms with Crippen molar-refractivity contribution in [3.8, 4) is 0 Å². The molecule has 0 bridgehead atoms. The van der Waals surface area contributed by atoms with Gasteiger partial charge in [-0.05, 0) is 19.3 Å². The zero-order valence-corrected chi connectivity index (χ0v) is 11.8. The Morgan fingerprint density at radius 1 is 1.33 bits per heavy atom. The molecule has 1 aliphatic rings. The number of hydrogen-bond acceptors (Lipinski definition) is 5. The molecule has 1 saturated heterocycles. The van der Waals surface area contributed by atoms with Crippen LogP contribution in [-0.4, -0.2) is 42.1 Å². The van der Waals surface area contributed by atoms with Crippen LogP contribution in [0.25, 0.3) is 0 Å². The number of amides is 1. The minimum atomic E-state index is 0.0811. The normalized spacial score (nSPS) is 18.1. The van der Waals surface area contributed by atoms with Crippen molar-refractivity contribution in [2.24, 2.45) is 0 Å². The van der Waals surface area contributed by atoms with Crippen molar-refractivity contribution in [2.45, 2.75) is 38.3 Å². The molecule has 3 rings (SSSR count). The summed E-state index contributed by atoms with van der Waals surface area (Å²) in [6, 6.07) is 0.0811. The molecule has 0 aliphatic carbocycles. The molecule has 1 atom stereocenters. The van der Waals surface area contributed by atoms with Crippen LogP contribution in [0.2, 0.25) is 0 Å². The van der Waals surface area contributed by atoms with Gasteiger partial charge in [-0.2, -0.15) is 5.10 Å². The van der Waals surface area contributed by atoms with Gasteiger partial charge in [0.05, 0.1) is 17.9 Å². The highest BCUT2D eigenvalue weighted by Crippen LogP contribution is 2.30. The molecule has 7 nitrogen and oxygen atoms in total. The van der Waals surface area contributed by atoms with E-state index in [1.807, 2.05) is 4.90 Å². The van der Waals surface area contributed by atoms with Gasteiger partial charge in [0.25, 0.3) is 0 Å². The van der Waals surface area contributed by atoms with Crippen LogP contribution in [0.1, 0.15) is 37.4 Å².